The molecule has 0 N–H and O–H groups in total. The molecule has 0 rings (SSSR count). The maximum Gasteiger partial charge on any atom is 0.244 e. The van der Waals surface area contributed by atoms with Crippen molar-refractivity contribution in [3.05, 3.63) is 0 Å². The van der Waals surface area contributed by atoms with Crippen LogP contribution in [-0.4, -0.2) is 39.9 Å². The Bertz CT molecular complexity index is 72.6. The Hall–Kier alpha value is -0.160. The highest BCUT2D eigenvalue weighted by Gasteiger charge is 2.20. The lowest BCUT2D eigenvalue weighted by atomic mass is 11.0. The Morgan fingerprint density at radius 2 is 1.56 bits per heavy atom. The van der Waals surface area contributed by atoms with Gasteiger partial charge in [0.25, 0.3) is 0 Å². The number of hydroxylamine groups is 4. The summed E-state index contributed by atoms with van der Waals surface area (Å²) < 4.78 is 4.81. The standard InChI is InChI=1S/C5H14NO3/c1-6(8-3,9-4)5-7-2/h5H2,1-4H3/q+1. The summed E-state index contributed by atoms with van der Waals surface area (Å²) in [4.78, 5) is 9.85. The van der Waals surface area contributed by atoms with Crippen LogP contribution >= 0.6 is 0 Å². The van der Waals surface area contributed by atoms with Crippen LogP contribution in [0.1, 0.15) is 0 Å². The lowest BCUT2D eigenvalue weighted by molar-refractivity contribution is -1.24. The van der Waals surface area contributed by atoms with Crippen molar-refractivity contribution in [3.63, 3.8) is 0 Å². The van der Waals surface area contributed by atoms with Crippen LogP contribution in [0.25, 0.3) is 0 Å². The van der Waals surface area contributed by atoms with Crippen LogP contribution in [0.15, 0.2) is 0 Å². The van der Waals surface area contributed by atoms with Crippen LogP contribution in [0, 0.1) is 0 Å². The largest absolute Gasteiger partial charge is 0.330 e. The highest BCUT2D eigenvalue weighted by atomic mass is 17.0. The van der Waals surface area contributed by atoms with Gasteiger partial charge in [-0.15, -0.1) is 0 Å². The molecule has 0 aromatic rings. The third kappa shape index (κ3) is 2.76. The van der Waals surface area contributed by atoms with Gasteiger partial charge in [0.2, 0.25) is 6.73 Å². The third-order valence-electron chi connectivity index (χ3n) is 1.14. The molecule has 0 heterocycles. The molecule has 4 nitrogen and oxygen atoms in total. The first kappa shape index (κ1) is 8.84. The fraction of sp³-hybridized carbons (Fsp3) is 1.00. The highest BCUT2D eigenvalue weighted by molar-refractivity contribution is 3.88. The molecule has 0 saturated carbocycles. The van der Waals surface area contributed by atoms with Crippen LogP contribution in [0.5, 0.6) is 0 Å². The second-order valence-corrected chi connectivity index (χ2v) is 1.80. The van der Waals surface area contributed by atoms with Gasteiger partial charge in [0.15, 0.2) is 0 Å². The molecule has 0 spiro atoms. The lowest BCUT2D eigenvalue weighted by Crippen LogP contribution is -2.43. The summed E-state index contributed by atoms with van der Waals surface area (Å²) in [6.45, 7) is 0.382. The molecule has 0 aliphatic carbocycles. The van der Waals surface area contributed by atoms with E-state index in [4.69, 9.17) is 14.4 Å². The molecule has 0 aromatic heterocycles. The van der Waals surface area contributed by atoms with E-state index < -0.39 is 0 Å². The third-order valence-corrected chi connectivity index (χ3v) is 1.14. The van der Waals surface area contributed by atoms with Crippen molar-refractivity contribution in [2.45, 2.75) is 0 Å². The van der Waals surface area contributed by atoms with Gasteiger partial charge in [0, 0.05) is 7.11 Å². The molecule has 56 valence electrons. The molecule has 0 aliphatic heterocycles. The van der Waals surface area contributed by atoms with Gasteiger partial charge in [-0.2, -0.15) is 9.68 Å². The zero-order valence-electron chi connectivity index (χ0n) is 6.38. The summed E-state index contributed by atoms with van der Waals surface area (Å²) in [7, 11) is 6.46. The van der Waals surface area contributed by atoms with Gasteiger partial charge in [0.05, 0.1) is 14.2 Å². The van der Waals surface area contributed by atoms with Crippen LogP contribution < -0.4 is 0 Å². The summed E-state index contributed by atoms with van der Waals surface area (Å²) in [6.07, 6.45) is 0. The quantitative estimate of drug-likeness (QED) is 0.313. The van der Waals surface area contributed by atoms with E-state index in [1.54, 1.807) is 28.4 Å². The molecule has 0 radical (unpaired) electrons. The molecule has 0 aromatic carbocycles. The Morgan fingerprint density at radius 3 is 1.67 bits per heavy atom. The summed E-state index contributed by atoms with van der Waals surface area (Å²) >= 11 is 0. The molecule has 0 bridgehead atoms. The van der Waals surface area contributed by atoms with Gasteiger partial charge in [-0.1, -0.05) is 0 Å². The summed E-state index contributed by atoms with van der Waals surface area (Å²) in [5.41, 5.74) is 0. The Kier molecular flexibility index (Phi) is 3.72. The van der Waals surface area contributed by atoms with Gasteiger partial charge in [-0.05, 0) is 4.81 Å². The van der Waals surface area contributed by atoms with Crippen molar-refractivity contribution in [1.82, 2.24) is 0 Å². The zero-order chi connectivity index (χ0) is 7.33. The number of ether oxygens (including phenoxy) is 1. The van der Waals surface area contributed by atoms with Gasteiger partial charge in [-0.25, -0.2) is 0 Å². The minimum Gasteiger partial charge on any atom is -0.330 e. The van der Waals surface area contributed by atoms with E-state index in [2.05, 4.69) is 0 Å². The highest BCUT2D eigenvalue weighted by Crippen LogP contribution is 2.00. The fourth-order valence-electron chi connectivity index (χ4n) is 0.414. The predicted molar refractivity (Wildman–Crippen MR) is 32.1 cm³/mol. The second kappa shape index (κ2) is 3.79. The number of hydrogen-bond acceptors (Lipinski definition) is 3. The van der Waals surface area contributed by atoms with E-state index in [9.17, 15) is 0 Å². The summed E-state index contributed by atoms with van der Waals surface area (Å²) in [6, 6.07) is 0. The molecular weight excluding hydrogens is 122 g/mol. The maximum atomic E-state index is 4.92. The predicted octanol–water partition coefficient (Wildman–Crippen LogP) is 0.160. The summed E-state index contributed by atoms with van der Waals surface area (Å²) in [5, 5.41) is 0. The Labute approximate surface area is 55.4 Å². The van der Waals surface area contributed by atoms with Gasteiger partial charge in [-0.3, -0.25) is 0 Å². The number of quaternary nitrogens is 1. The minimum atomic E-state index is 0.0104. The normalized spacial score (nSPS) is 12.0. The maximum absolute atomic E-state index is 4.92. The average Bonchev–Trinajstić information content (AvgIpc) is 1.89. The van der Waals surface area contributed by atoms with Crippen LogP contribution in [0.3, 0.4) is 0 Å². The van der Waals surface area contributed by atoms with Crippen molar-refractivity contribution < 1.29 is 19.2 Å². The van der Waals surface area contributed by atoms with Gasteiger partial charge in [0.1, 0.15) is 7.05 Å². The van der Waals surface area contributed by atoms with Crippen LogP contribution in [0.2, 0.25) is 0 Å². The van der Waals surface area contributed by atoms with E-state index in [1.165, 1.54) is 0 Å². The number of rotatable bonds is 4. The molecule has 0 saturated heterocycles. The molecule has 4 heteroatoms. The molecular formula is C5H14NO3+. The topological polar surface area (TPSA) is 27.7 Å². The van der Waals surface area contributed by atoms with E-state index in [-0.39, 0.29) is 4.81 Å². The van der Waals surface area contributed by atoms with Crippen molar-refractivity contribution in [2.24, 2.45) is 0 Å². The molecule has 0 aliphatic rings. The smallest absolute Gasteiger partial charge is 0.244 e. The van der Waals surface area contributed by atoms with Crippen molar-refractivity contribution >= 4 is 0 Å². The monoisotopic (exact) mass is 136 g/mol. The van der Waals surface area contributed by atoms with Crippen molar-refractivity contribution in [2.75, 3.05) is 35.1 Å². The fourth-order valence-corrected chi connectivity index (χ4v) is 0.414. The van der Waals surface area contributed by atoms with Crippen LogP contribution in [0.4, 0.5) is 0 Å². The van der Waals surface area contributed by atoms with Crippen LogP contribution in [-0.2, 0) is 14.4 Å². The molecule has 9 heavy (non-hydrogen) atoms. The first-order valence-electron chi connectivity index (χ1n) is 2.64. The van der Waals surface area contributed by atoms with Gasteiger partial charge >= 0.3 is 0 Å². The van der Waals surface area contributed by atoms with E-state index in [0.717, 1.165) is 0 Å². The van der Waals surface area contributed by atoms with Crippen molar-refractivity contribution in [3.8, 4) is 0 Å². The average molecular weight is 136 g/mol. The SMILES string of the molecule is COC[N+](C)(OC)OC. The van der Waals surface area contributed by atoms with E-state index in [1.807, 2.05) is 0 Å². The molecule has 0 fully saturated rings. The van der Waals surface area contributed by atoms with Gasteiger partial charge < -0.3 is 4.74 Å². The zero-order valence-corrected chi connectivity index (χ0v) is 6.38. The van der Waals surface area contributed by atoms with E-state index >= 15 is 0 Å². The lowest BCUT2D eigenvalue weighted by Gasteiger charge is -2.23. The summed E-state index contributed by atoms with van der Waals surface area (Å²) in [5.74, 6) is 0. The number of methoxy groups -OCH3 is 1. The van der Waals surface area contributed by atoms with E-state index in [0.29, 0.717) is 6.73 Å². The second-order valence-electron chi connectivity index (χ2n) is 1.80. The molecule has 0 amide bonds. The van der Waals surface area contributed by atoms with Crippen molar-refractivity contribution in [1.29, 1.82) is 0 Å². The Morgan fingerprint density at radius 1 is 1.11 bits per heavy atom. The minimum absolute atomic E-state index is 0.0104. The number of hydrogen-bond donors (Lipinski definition) is 0. The first-order chi connectivity index (χ1) is 4.18. The molecule has 0 unspecified atom stereocenters. The Balaban J connectivity index is 3.62. The first-order valence-corrected chi connectivity index (χ1v) is 2.64. The molecule has 0 atom stereocenters. The number of nitrogens with zero attached hydrogens (tertiary/aromatic N) is 1.